The first-order chi connectivity index (χ1) is 14.4. The first-order valence-electron chi connectivity index (χ1n) is 11.3. The number of hydrogen-bond donors (Lipinski definition) is 0. The molecular formula is C24H35N5O. The van der Waals surface area contributed by atoms with Crippen LogP contribution in [0.3, 0.4) is 0 Å². The van der Waals surface area contributed by atoms with Crippen LogP contribution in [0.1, 0.15) is 55.7 Å². The molecule has 1 fully saturated rings. The predicted molar refractivity (Wildman–Crippen MR) is 122 cm³/mol. The predicted octanol–water partition coefficient (Wildman–Crippen LogP) is 4.99. The van der Waals surface area contributed by atoms with Crippen molar-refractivity contribution in [2.75, 3.05) is 31.6 Å². The van der Waals surface area contributed by atoms with E-state index in [-0.39, 0.29) is 0 Å². The van der Waals surface area contributed by atoms with Gasteiger partial charge in [-0.05, 0) is 71.0 Å². The van der Waals surface area contributed by atoms with E-state index in [1.807, 2.05) is 17.6 Å². The maximum Gasteiger partial charge on any atom is 0.227 e. The Balaban J connectivity index is 1.71. The molecule has 0 radical (unpaired) electrons. The largest absolute Gasteiger partial charge is 0.441 e. The fourth-order valence-electron chi connectivity index (χ4n) is 4.22. The topological polar surface area (TPSA) is 49.8 Å². The Morgan fingerprint density at radius 2 is 1.97 bits per heavy atom. The third-order valence-corrected chi connectivity index (χ3v) is 6.28. The Kier molecular flexibility index (Phi) is 5.87. The molecule has 0 spiro atoms. The molecule has 4 rings (SSSR count). The number of pyridine rings is 1. The van der Waals surface area contributed by atoms with Crippen molar-refractivity contribution < 1.29 is 4.42 Å². The van der Waals surface area contributed by atoms with Gasteiger partial charge in [-0.15, -0.1) is 0 Å². The second kappa shape index (κ2) is 8.42. The number of anilines is 1. The van der Waals surface area contributed by atoms with Crippen LogP contribution < -0.4 is 4.90 Å². The van der Waals surface area contributed by atoms with E-state index < -0.39 is 0 Å². The second-order valence-corrected chi connectivity index (χ2v) is 8.84. The first kappa shape index (κ1) is 20.9. The maximum absolute atomic E-state index is 6.29. The summed E-state index contributed by atoms with van der Waals surface area (Å²) in [7, 11) is 2.07. The molecule has 6 nitrogen and oxygen atoms in total. The van der Waals surface area contributed by atoms with Crippen LogP contribution in [0, 0.1) is 26.7 Å². The highest BCUT2D eigenvalue weighted by Gasteiger charge is 2.27. The molecule has 0 unspecified atom stereocenters. The van der Waals surface area contributed by atoms with Gasteiger partial charge in [-0.25, -0.2) is 4.98 Å². The van der Waals surface area contributed by atoms with E-state index in [2.05, 4.69) is 50.6 Å². The molecule has 0 aromatic carbocycles. The molecule has 0 aliphatic heterocycles. The van der Waals surface area contributed by atoms with Crippen LogP contribution in [0.5, 0.6) is 0 Å². The summed E-state index contributed by atoms with van der Waals surface area (Å²) in [6.07, 6.45) is 5.88. The summed E-state index contributed by atoms with van der Waals surface area (Å²) < 4.78 is 8.29. The molecule has 6 heteroatoms. The highest BCUT2D eigenvalue weighted by Crippen LogP contribution is 2.34. The van der Waals surface area contributed by atoms with E-state index in [0.717, 1.165) is 59.8 Å². The van der Waals surface area contributed by atoms with Gasteiger partial charge < -0.3 is 9.32 Å². The zero-order valence-electron chi connectivity index (χ0n) is 19.3. The van der Waals surface area contributed by atoms with Gasteiger partial charge in [0.25, 0.3) is 0 Å². The number of nitrogens with zero attached hydrogens (tertiary/aromatic N) is 5. The Labute approximate surface area is 179 Å². The van der Waals surface area contributed by atoms with Crippen molar-refractivity contribution in [3.8, 4) is 11.3 Å². The molecule has 0 saturated heterocycles. The Morgan fingerprint density at radius 3 is 2.60 bits per heavy atom. The molecular weight excluding hydrogens is 374 g/mol. The van der Waals surface area contributed by atoms with Crippen LogP contribution in [-0.2, 0) is 6.54 Å². The summed E-state index contributed by atoms with van der Waals surface area (Å²) in [4.78, 5) is 9.41. The number of aryl methyl sites for hydroxylation is 3. The molecule has 162 valence electrons. The van der Waals surface area contributed by atoms with Crippen molar-refractivity contribution in [3.63, 3.8) is 0 Å². The molecule has 0 N–H and O–H groups in total. The Morgan fingerprint density at radius 1 is 1.20 bits per heavy atom. The third kappa shape index (κ3) is 3.97. The van der Waals surface area contributed by atoms with Gasteiger partial charge in [0.2, 0.25) is 5.71 Å². The molecule has 3 aromatic rings. The lowest BCUT2D eigenvalue weighted by atomic mass is 10.1. The summed E-state index contributed by atoms with van der Waals surface area (Å²) in [5.74, 6) is 2.76. The van der Waals surface area contributed by atoms with Crippen LogP contribution in [0.4, 0.5) is 5.82 Å². The minimum absolute atomic E-state index is 0.880. The minimum Gasteiger partial charge on any atom is -0.441 e. The number of aromatic nitrogens is 3. The van der Waals surface area contributed by atoms with Crippen molar-refractivity contribution in [2.24, 2.45) is 5.92 Å². The van der Waals surface area contributed by atoms with Gasteiger partial charge >= 0.3 is 0 Å². The SMILES string of the molecule is CCCN(Cc1c(C)nn2c(-c3cnc(N(C)CC)cc3C)c(C)oc12)CC1CC1. The molecule has 3 heterocycles. The maximum atomic E-state index is 6.29. The van der Waals surface area contributed by atoms with Gasteiger partial charge in [0.15, 0.2) is 0 Å². The van der Waals surface area contributed by atoms with Crippen molar-refractivity contribution in [3.05, 3.63) is 34.8 Å². The van der Waals surface area contributed by atoms with Crippen molar-refractivity contribution in [1.82, 2.24) is 19.5 Å². The van der Waals surface area contributed by atoms with E-state index in [1.165, 1.54) is 36.9 Å². The number of hydrogen-bond acceptors (Lipinski definition) is 5. The molecule has 1 aliphatic rings. The standard InChI is InChI=1S/C24H35N5O/c1-7-11-28(14-19-9-10-19)15-21-17(4)26-29-23(18(5)30-24(21)29)20-13-25-22(12-16(20)3)27(6)8-2/h12-13,19H,7-11,14-15H2,1-6H3. The summed E-state index contributed by atoms with van der Waals surface area (Å²) in [6.45, 7) is 14.8. The number of fused-ring (bicyclic) bond motifs is 1. The van der Waals surface area contributed by atoms with Gasteiger partial charge in [-0.1, -0.05) is 6.92 Å². The quantitative estimate of drug-likeness (QED) is 0.498. The number of rotatable bonds is 9. The molecule has 3 aromatic heterocycles. The van der Waals surface area contributed by atoms with E-state index in [4.69, 9.17) is 14.5 Å². The molecule has 1 aliphatic carbocycles. The van der Waals surface area contributed by atoms with Gasteiger partial charge in [-0.3, -0.25) is 4.90 Å². The van der Waals surface area contributed by atoms with Gasteiger partial charge in [0.1, 0.15) is 17.3 Å². The average molecular weight is 410 g/mol. The van der Waals surface area contributed by atoms with Crippen molar-refractivity contribution in [2.45, 2.75) is 60.4 Å². The zero-order chi connectivity index (χ0) is 21.4. The fourth-order valence-corrected chi connectivity index (χ4v) is 4.22. The lowest BCUT2D eigenvalue weighted by Crippen LogP contribution is -2.26. The number of oxazole rings is 1. The smallest absolute Gasteiger partial charge is 0.227 e. The lowest BCUT2D eigenvalue weighted by Gasteiger charge is -2.20. The van der Waals surface area contributed by atoms with E-state index >= 15 is 0 Å². The molecule has 30 heavy (non-hydrogen) atoms. The Bertz CT molecular complexity index is 1030. The van der Waals surface area contributed by atoms with Crippen molar-refractivity contribution >= 4 is 11.5 Å². The van der Waals surface area contributed by atoms with Crippen LogP contribution in [0.25, 0.3) is 17.0 Å². The third-order valence-electron chi connectivity index (χ3n) is 6.28. The lowest BCUT2D eigenvalue weighted by molar-refractivity contribution is 0.254. The van der Waals surface area contributed by atoms with Crippen LogP contribution in [-0.4, -0.2) is 46.2 Å². The minimum atomic E-state index is 0.880. The van der Waals surface area contributed by atoms with Crippen LogP contribution in [0.15, 0.2) is 16.7 Å². The van der Waals surface area contributed by atoms with Gasteiger partial charge in [0.05, 0.1) is 11.3 Å². The van der Waals surface area contributed by atoms with Crippen LogP contribution in [0.2, 0.25) is 0 Å². The fraction of sp³-hybridized carbons (Fsp3) is 0.583. The summed E-state index contributed by atoms with van der Waals surface area (Å²) in [5.41, 5.74) is 6.43. The second-order valence-electron chi connectivity index (χ2n) is 8.84. The molecule has 0 amide bonds. The van der Waals surface area contributed by atoms with E-state index in [1.54, 1.807) is 0 Å². The first-order valence-corrected chi connectivity index (χ1v) is 11.3. The molecule has 0 bridgehead atoms. The summed E-state index contributed by atoms with van der Waals surface area (Å²) in [6, 6.07) is 2.15. The monoisotopic (exact) mass is 409 g/mol. The van der Waals surface area contributed by atoms with E-state index in [0.29, 0.717) is 0 Å². The molecule has 1 saturated carbocycles. The van der Waals surface area contributed by atoms with Gasteiger partial charge in [0, 0.05) is 38.4 Å². The van der Waals surface area contributed by atoms with Crippen molar-refractivity contribution in [1.29, 1.82) is 0 Å². The molecule has 0 atom stereocenters. The summed E-state index contributed by atoms with van der Waals surface area (Å²) >= 11 is 0. The normalized spacial score (nSPS) is 14.2. The van der Waals surface area contributed by atoms with Gasteiger partial charge in [-0.2, -0.15) is 9.61 Å². The van der Waals surface area contributed by atoms with E-state index in [9.17, 15) is 0 Å². The zero-order valence-corrected chi connectivity index (χ0v) is 19.3. The highest BCUT2D eigenvalue weighted by atomic mass is 16.4. The Hall–Kier alpha value is -2.34. The summed E-state index contributed by atoms with van der Waals surface area (Å²) in [5, 5.41) is 4.89. The van der Waals surface area contributed by atoms with Crippen LogP contribution >= 0.6 is 0 Å². The average Bonchev–Trinajstić information content (AvgIpc) is 3.42. The highest BCUT2D eigenvalue weighted by molar-refractivity contribution is 5.70.